The molecule has 21 heavy (non-hydrogen) atoms. The maximum atomic E-state index is 12.0. The summed E-state index contributed by atoms with van der Waals surface area (Å²) in [5, 5.41) is 11.3. The second-order valence-corrected chi connectivity index (χ2v) is 6.83. The van der Waals surface area contributed by atoms with Crippen molar-refractivity contribution in [2.75, 3.05) is 11.6 Å². The molecule has 1 aliphatic rings. The molecule has 114 valence electrons. The van der Waals surface area contributed by atoms with Crippen LogP contribution >= 0.6 is 0 Å². The molecule has 1 amide bonds. The second-order valence-electron chi connectivity index (χ2n) is 4.82. The first-order chi connectivity index (χ1) is 9.77. The van der Waals surface area contributed by atoms with Crippen LogP contribution < -0.4 is 5.32 Å². The number of hydrogen-bond acceptors (Lipinski definition) is 5. The molecule has 0 aromatic heterocycles. The van der Waals surface area contributed by atoms with Gasteiger partial charge in [-0.2, -0.15) is 0 Å². The van der Waals surface area contributed by atoms with E-state index < -0.39 is 33.9 Å². The number of rotatable bonds is 4. The maximum absolute atomic E-state index is 12.0. The quantitative estimate of drug-likeness (QED) is 0.845. The molecule has 0 saturated carbocycles. The number of aliphatic carboxylic acids is 1. The van der Waals surface area contributed by atoms with E-state index in [1.807, 2.05) is 0 Å². The summed E-state index contributed by atoms with van der Waals surface area (Å²) in [7, 11) is -3.36. The van der Waals surface area contributed by atoms with Gasteiger partial charge in [0.15, 0.2) is 15.9 Å². The molecule has 2 unspecified atom stereocenters. The van der Waals surface area contributed by atoms with Gasteiger partial charge in [-0.05, 0) is 31.0 Å². The van der Waals surface area contributed by atoms with E-state index in [1.165, 1.54) is 18.2 Å². The molecule has 8 heteroatoms. The standard InChI is InChI=1S/C13H15NO6S/c1-21(18,19)9-4-2-3-8(7-9)14-12(15)10-5-6-11(20-10)13(16)17/h2-4,7,10-11H,5-6H2,1H3,(H,14,15)(H,16,17). The van der Waals surface area contributed by atoms with E-state index in [1.54, 1.807) is 6.07 Å². The third-order valence-corrected chi connectivity index (χ3v) is 4.23. The number of hydrogen-bond donors (Lipinski definition) is 2. The fourth-order valence-electron chi connectivity index (χ4n) is 2.04. The first-order valence-corrected chi connectivity index (χ1v) is 8.16. The van der Waals surface area contributed by atoms with Gasteiger partial charge in [0.05, 0.1) is 4.90 Å². The van der Waals surface area contributed by atoms with Gasteiger partial charge in [0.1, 0.15) is 6.10 Å². The van der Waals surface area contributed by atoms with Gasteiger partial charge < -0.3 is 15.2 Å². The predicted molar refractivity (Wildman–Crippen MR) is 73.7 cm³/mol. The molecule has 2 atom stereocenters. The molecule has 1 fully saturated rings. The molecule has 1 saturated heterocycles. The second kappa shape index (κ2) is 5.82. The Morgan fingerprint density at radius 1 is 1.29 bits per heavy atom. The molecule has 2 rings (SSSR count). The number of sulfone groups is 1. The highest BCUT2D eigenvalue weighted by Gasteiger charge is 2.34. The fraction of sp³-hybridized carbons (Fsp3) is 0.385. The molecule has 1 aromatic rings. The summed E-state index contributed by atoms with van der Waals surface area (Å²) < 4.78 is 28.0. The van der Waals surface area contributed by atoms with Crippen LogP contribution in [0.15, 0.2) is 29.2 Å². The number of amides is 1. The van der Waals surface area contributed by atoms with Crippen molar-refractivity contribution in [2.45, 2.75) is 29.9 Å². The molecule has 0 spiro atoms. The number of benzene rings is 1. The molecular weight excluding hydrogens is 298 g/mol. The lowest BCUT2D eigenvalue weighted by molar-refractivity contribution is -0.150. The number of carboxylic acid groups (broad SMARTS) is 1. The number of ether oxygens (including phenoxy) is 1. The topological polar surface area (TPSA) is 110 Å². The van der Waals surface area contributed by atoms with Crippen LogP contribution in [0.2, 0.25) is 0 Å². The normalized spacial score (nSPS) is 22.0. The number of anilines is 1. The Balaban J connectivity index is 2.06. The Kier molecular flexibility index (Phi) is 4.29. The van der Waals surface area contributed by atoms with Gasteiger partial charge in [-0.25, -0.2) is 13.2 Å². The lowest BCUT2D eigenvalue weighted by atomic mass is 10.2. The highest BCUT2D eigenvalue weighted by Crippen LogP contribution is 2.22. The summed E-state index contributed by atoms with van der Waals surface area (Å²) >= 11 is 0. The van der Waals surface area contributed by atoms with Crippen LogP contribution in [0.25, 0.3) is 0 Å². The summed E-state index contributed by atoms with van der Waals surface area (Å²) in [6.45, 7) is 0. The van der Waals surface area contributed by atoms with Gasteiger partial charge >= 0.3 is 5.97 Å². The van der Waals surface area contributed by atoms with Crippen LogP contribution in [0.1, 0.15) is 12.8 Å². The van der Waals surface area contributed by atoms with Crippen LogP contribution in [0.3, 0.4) is 0 Å². The van der Waals surface area contributed by atoms with Crippen molar-refractivity contribution in [3.8, 4) is 0 Å². The highest BCUT2D eigenvalue weighted by molar-refractivity contribution is 7.90. The van der Waals surface area contributed by atoms with E-state index in [0.717, 1.165) is 6.26 Å². The molecular formula is C13H15NO6S. The van der Waals surface area contributed by atoms with Gasteiger partial charge in [0, 0.05) is 11.9 Å². The molecule has 1 aromatic carbocycles. The Bertz CT molecular complexity index is 669. The zero-order valence-electron chi connectivity index (χ0n) is 11.3. The average molecular weight is 313 g/mol. The maximum Gasteiger partial charge on any atom is 0.332 e. The summed E-state index contributed by atoms with van der Waals surface area (Å²) in [5.41, 5.74) is 0.324. The minimum atomic E-state index is -3.36. The number of carbonyl (C=O) groups excluding carboxylic acids is 1. The Hall–Kier alpha value is -1.93. The van der Waals surface area contributed by atoms with E-state index in [0.29, 0.717) is 12.1 Å². The van der Waals surface area contributed by atoms with Crippen LogP contribution in [-0.4, -0.2) is 43.9 Å². The predicted octanol–water partition coefficient (Wildman–Crippen LogP) is 0.661. The van der Waals surface area contributed by atoms with Crippen molar-refractivity contribution < 1.29 is 27.9 Å². The lowest BCUT2D eigenvalue weighted by Crippen LogP contribution is -2.29. The average Bonchev–Trinajstić information content (AvgIpc) is 2.88. The van der Waals surface area contributed by atoms with E-state index in [2.05, 4.69) is 5.32 Å². The Labute approximate surface area is 121 Å². The van der Waals surface area contributed by atoms with Gasteiger partial charge in [-0.15, -0.1) is 0 Å². The summed E-state index contributed by atoms with van der Waals surface area (Å²) in [4.78, 5) is 22.8. The van der Waals surface area contributed by atoms with Crippen molar-refractivity contribution in [3.05, 3.63) is 24.3 Å². The molecule has 0 bridgehead atoms. The number of nitrogens with one attached hydrogen (secondary N) is 1. The summed E-state index contributed by atoms with van der Waals surface area (Å²) in [6, 6.07) is 5.84. The van der Waals surface area contributed by atoms with Gasteiger partial charge in [0.25, 0.3) is 5.91 Å². The molecule has 1 heterocycles. The van der Waals surface area contributed by atoms with E-state index >= 15 is 0 Å². The van der Waals surface area contributed by atoms with Crippen molar-refractivity contribution in [1.29, 1.82) is 0 Å². The Morgan fingerprint density at radius 2 is 1.95 bits per heavy atom. The van der Waals surface area contributed by atoms with Gasteiger partial charge in [-0.3, -0.25) is 4.79 Å². The third-order valence-electron chi connectivity index (χ3n) is 3.12. The van der Waals surface area contributed by atoms with E-state index in [4.69, 9.17) is 9.84 Å². The zero-order chi connectivity index (χ0) is 15.6. The van der Waals surface area contributed by atoms with Crippen LogP contribution in [0.4, 0.5) is 5.69 Å². The van der Waals surface area contributed by atoms with Crippen molar-refractivity contribution in [3.63, 3.8) is 0 Å². The largest absolute Gasteiger partial charge is 0.479 e. The van der Waals surface area contributed by atoms with Gasteiger partial charge in [0.2, 0.25) is 0 Å². The zero-order valence-corrected chi connectivity index (χ0v) is 12.1. The molecule has 0 aliphatic carbocycles. The number of carbonyl (C=O) groups is 2. The van der Waals surface area contributed by atoms with Crippen molar-refractivity contribution >= 4 is 27.4 Å². The molecule has 7 nitrogen and oxygen atoms in total. The van der Waals surface area contributed by atoms with Crippen LogP contribution in [0.5, 0.6) is 0 Å². The summed E-state index contributed by atoms with van der Waals surface area (Å²) in [5.74, 6) is -1.58. The highest BCUT2D eigenvalue weighted by atomic mass is 32.2. The minimum Gasteiger partial charge on any atom is -0.479 e. The first kappa shape index (κ1) is 15.5. The SMILES string of the molecule is CS(=O)(=O)c1cccc(NC(=O)C2CCC(C(=O)O)O2)c1. The molecule has 1 aliphatic heterocycles. The van der Waals surface area contributed by atoms with Crippen LogP contribution in [-0.2, 0) is 24.2 Å². The fourth-order valence-corrected chi connectivity index (χ4v) is 2.71. The monoisotopic (exact) mass is 313 g/mol. The molecule has 2 N–H and O–H groups in total. The van der Waals surface area contributed by atoms with Crippen molar-refractivity contribution in [1.82, 2.24) is 0 Å². The van der Waals surface area contributed by atoms with E-state index in [9.17, 15) is 18.0 Å². The smallest absolute Gasteiger partial charge is 0.332 e. The lowest BCUT2D eigenvalue weighted by Gasteiger charge is -2.12. The Morgan fingerprint density at radius 3 is 2.52 bits per heavy atom. The molecule has 0 radical (unpaired) electrons. The third kappa shape index (κ3) is 3.79. The van der Waals surface area contributed by atoms with Crippen molar-refractivity contribution in [2.24, 2.45) is 0 Å². The summed E-state index contributed by atoms with van der Waals surface area (Å²) in [6.07, 6.45) is -0.146. The first-order valence-electron chi connectivity index (χ1n) is 6.26. The van der Waals surface area contributed by atoms with E-state index in [-0.39, 0.29) is 11.3 Å². The number of carboxylic acids is 1. The van der Waals surface area contributed by atoms with Crippen LogP contribution in [0, 0.1) is 0 Å². The minimum absolute atomic E-state index is 0.0936. The van der Waals surface area contributed by atoms with Gasteiger partial charge in [-0.1, -0.05) is 6.07 Å².